The average molecular weight is 354 g/mol. The van der Waals surface area contributed by atoms with Crippen LogP contribution in [0.15, 0.2) is 42.7 Å². The van der Waals surface area contributed by atoms with E-state index >= 15 is 0 Å². The molecule has 1 saturated heterocycles. The lowest BCUT2D eigenvalue weighted by atomic mass is 10.1. The van der Waals surface area contributed by atoms with Gasteiger partial charge in [0.05, 0.1) is 6.54 Å². The van der Waals surface area contributed by atoms with Gasteiger partial charge in [-0.15, -0.1) is 0 Å². The largest absolute Gasteiger partial charge is 0.488 e. The average Bonchev–Trinajstić information content (AvgIpc) is 3.18. The molecular weight excluding hydrogens is 332 g/mol. The maximum atomic E-state index is 13.0. The maximum absolute atomic E-state index is 13.0. The lowest BCUT2D eigenvalue weighted by Crippen LogP contribution is -2.47. The number of carbonyl (C=O) groups is 2. The molecule has 0 bridgehead atoms. The molecule has 0 unspecified atom stereocenters. The summed E-state index contributed by atoms with van der Waals surface area (Å²) in [5, 5.41) is 3.01. The molecule has 2 aromatic rings. The molecule has 2 aliphatic rings. The van der Waals surface area contributed by atoms with Crippen molar-refractivity contribution in [1.29, 1.82) is 0 Å². The van der Waals surface area contributed by atoms with Crippen LogP contribution in [-0.2, 0) is 11.8 Å². The molecule has 7 heteroatoms. The van der Waals surface area contributed by atoms with E-state index in [1.807, 2.05) is 30.3 Å². The number of imidazole rings is 1. The standard InChI is InChI=1S/C19H22N4O3/c1-22-10-9-20-17(22)19(25)23-12-15(26-14-5-3-2-4-6-14)11-16(23)18(24)21-13-7-8-13/h2-6,9-10,13,15-16H,7-8,11-12H2,1H3,(H,21,24)/t15-,16-/m0/s1. The zero-order chi connectivity index (χ0) is 18.1. The molecule has 2 heterocycles. The number of likely N-dealkylation sites (tertiary alicyclic amines) is 1. The van der Waals surface area contributed by atoms with Gasteiger partial charge in [0.2, 0.25) is 5.91 Å². The van der Waals surface area contributed by atoms with Crippen LogP contribution in [-0.4, -0.2) is 51.0 Å². The lowest BCUT2D eigenvalue weighted by molar-refractivity contribution is -0.125. The minimum absolute atomic E-state index is 0.103. The Morgan fingerprint density at radius 1 is 1.23 bits per heavy atom. The van der Waals surface area contributed by atoms with Crippen molar-refractivity contribution in [3.63, 3.8) is 0 Å². The Balaban J connectivity index is 1.53. The second-order valence-electron chi connectivity index (χ2n) is 6.91. The molecular formula is C19H22N4O3. The summed E-state index contributed by atoms with van der Waals surface area (Å²) >= 11 is 0. The Labute approximate surface area is 152 Å². The van der Waals surface area contributed by atoms with Crippen molar-refractivity contribution in [2.24, 2.45) is 7.05 Å². The number of amides is 2. The summed E-state index contributed by atoms with van der Waals surface area (Å²) in [5.74, 6) is 0.724. The van der Waals surface area contributed by atoms with Gasteiger partial charge < -0.3 is 19.5 Å². The Bertz CT molecular complexity index is 800. The summed E-state index contributed by atoms with van der Waals surface area (Å²) in [7, 11) is 1.77. The first-order valence-electron chi connectivity index (χ1n) is 8.92. The predicted octanol–water partition coefficient (Wildman–Crippen LogP) is 1.36. The number of ether oxygens (including phenoxy) is 1. The van der Waals surface area contributed by atoms with Crippen molar-refractivity contribution < 1.29 is 14.3 Å². The summed E-state index contributed by atoms with van der Waals surface area (Å²) in [5.41, 5.74) is 0. The van der Waals surface area contributed by atoms with E-state index in [2.05, 4.69) is 10.3 Å². The van der Waals surface area contributed by atoms with E-state index in [9.17, 15) is 9.59 Å². The summed E-state index contributed by atoms with van der Waals surface area (Å²) < 4.78 is 7.67. The number of hydrogen-bond donors (Lipinski definition) is 1. The van der Waals surface area contributed by atoms with Crippen LogP contribution in [0.5, 0.6) is 5.75 Å². The Morgan fingerprint density at radius 3 is 2.65 bits per heavy atom. The fourth-order valence-corrected chi connectivity index (χ4v) is 3.27. The van der Waals surface area contributed by atoms with Gasteiger partial charge in [-0.2, -0.15) is 0 Å². The number of nitrogens with zero attached hydrogens (tertiary/aromatic N) is 3. The van der Waals surface area contributed by atoms with Crippen LogP contribution in [0, 0.1) is 0 Å². The van der Waals surface area contributed by atoms with Crippen LogP contribution in [0.4, 0.5) is 0 Å². The van der Waals surface area contributed by atoms with Gasteiger partial charge in [0.1, 0.15) is 17.9 Å². The van der Waals surface area contributed by atoms with Gasteiger partial charge in [-0.25, -0.2) is 4.98 Å². The molecule has 1 aliphatic heterocycles. The second kappa shape index (κ2) is 6.82. The highest BCUT2D eigenvalue weighted by atomic mass is 16.5. The van der Waals surface area contributed by atoms with E-state index in [1.54, 1.807) is 28.9 Å². The van der Waals surface area contributed by atoms with Crippen LogP contribution in [0.2, 0.25) is 0 Å². The van der Waals surface area contributed by atoms with Crippen molar-refractivity contribution in [3.8, 4) is 5.75 Å². The summed E-state index contributed by atoms with van der Waals surface area (Å²) in [6.07, 6.45) is 5.58. The van der Waals surface area contributed by atoms with E-state index in [0.717, 1.165) is 18.6 Å². The number of aryl methyl sites for hydroxylation is 1. The summed E-state index contributed by atoms with van der Waals surface area (Å²) in [6.45, 7) is 0.364. The zero-order valence-electron chi connectivity index (χ0n) is 14.7. The highest BCUT2D eigenvalue weighted by molar-refractivity contribution is 5.95. The van der Waals surface area contributed by atoms with E-state index < -0.39 is 6.04 Å². The van der Waals surface area contributed by atoms with Gasteiger partial charge in [0.25, 0.3) is 5.91 Å². The van der Waals surface area contributed by atoms with Crippen LogP contribution in [0.1, 0.15) is 29.9 Å². The zero-order valence-corrected chi connectivity index (χ0v) is 14.7. The smallest absolute Gasteiger partial charge is 0.290 e. The predicted molar refractivity (Wildman–Crippen MR) is 94.7 cm³/mol. The van der Waals surface area contributed by atoms with Gasteiger partial charge in [-0.1, -0.05) is 18.2 Å². The number of para-hydroxylation sites is 1. The van der Waals surface area contributed by atoms with Gasteiger partial charge in [-0.3, -0.25) is 9.59 Å². The lowest BCUT2D eigenvalue weighted by Gasteiger charge is -2.23. The molecule has 4 rings (SSSR count). The van der Waals surface area contributed by atoms with E-state index in [-0.39, 0.29) is 24.0 Å². The Hall–Kier alpha value is -2.83. The number of hydrogen-bond acceptors (Lipinski definition) is 4. The monoisotopic (exact) mass is 354 g/mol. The quantitative estimate of drug-likeness (QED) is 0.880. The first-order chi connectivity index (χ1) is 12.6. The fraction of sp³-hybridized carbons (Fsp3) is 0.421. The number of carbonyl (C=O) groups excluding carboxylic acids is 2. The Morgan fingerprint density at radius 2 is 2.00 bits per heavy atom. The Kier molecular flexibility index (Phi) is 4.36. The van der Waals surface area contributed by atoms with Gasteiger partial charge in [0, 0.05) is 31.9 Å². The molecule has 26 heavy (non-hydrogen) atoms. The first kappa shape index (κ1) is 16.6. The minimum atomic E-state index is -0.534. The van der Waals surface area contributed by atoms with Crippen molar-refractivity contribution in [2.45, 2.75) is 37.5 Å². The molecule has 1 saturated carbocycles. The molecule has 7 nitrogen and oxygen atoms in total. The van der Waals surface area contributed by atoms with Crippen molar-refractivity contribution in [2.75, 3.05) is 6.54 Å². The number of nitrogens with one attached hydrogen (secondary N) is 1. The van der Waals surface area contributed by atoms with Crippen LogP contribution >= 0.6 is 0 Å². The molecule has 0 spiro atoms. The third kappa shape index (κ3) is 3.42. The van der Waals surface area contributed by atoms with Crippen molar-refractivity contribution in [3.05, 3.63) is 48.5 Å². The SMILES string of the molecule is Cn1ccnc1C(=O)N1C[C@@H](Oc2ccccc2)C[C@H]1C(=O)NC1CC1. The number of benzene rings is 1. The number of aromatic nitrogens is 2. The normalized spacial score (nSPS) is 22.3. The topological polar surface area (TPSA) is 76.5 Å². The summed E-state index contributed by atoms with van der Waals surface area (Å²) in [6, 6.07) is 9.20. The van der Waals surface area contributed by atoms with Gasteiger partial charge in [-0.05, 0) is 25.0 Å². The maximum Gasteiger partial charge on any atom is 0.290 e. The van der Waals surface area contributed by atoms with Crippen molar-refractivity contribution in [1.82, 2.24) is 19.8 Å². The molecule has 2 fully saturated rings. The van der Waals surface area contributed by atoms with Gasteiger partial charge >= 0.3 is 0 Å². The molecule has 1 N–H and O–H groups in total. The van der Waals surface area contributed by atoms with E-state index in [0.29, 0.717) is 18.8 Å². The van der Waals surface area contributed by atoms with Gasteiger partial charge in [0.15, 0.2) is 5.82 Å². The van der Waals surface area contributed by atoms with Crippen molar-refractivity contribution >= 4 is 11.8 Å². The number of rotatable bonds is 5. The van der Waals surface area contributed by atoms with E-state index in [4.69, 9.17) is 4.74 Å². The molecule has 136 valence electrons. The molecule has 2 atom stereocenters. The van der Waals surface area contributed by atoms with Crippen LogP contribution < -0.4 is 10.1 Å². The van der Waals surface area contributed by atoms with Crippen LogP contribution in [0.3, 0.4) is 0 Å². The molecule has 1 aromatic heterocycles. The van der Waals surface area contributed by atoms with Crippen LogP contribution in [0.25, 0.3) is 0 Å². The molecule has 0 radical (unpaired) electrons. The second-order valence-corrected chi connectivity index (χ2v) is 6.91. The first-order valence-corrected chi connectivity index (χ1v) is 8.92. The molecule has 1 aromatic carbocycles. The fourth-order valence-electron chi connectivity index (χ4n) is 3.27. The highest BCUT2D eigenvalue weighted by Gasteiger charge is 2.43. The van der Waals surface area contributed by atoms with E-state index in [1.165, 1.54) is 0 Å². The highest BCUT2D eigenvalue weighted by Crippen LogP contribution is 2.26. The third-order valence-electron chi connectivity index (χ3n) is 4.81. The summed E-state index contributed by atoms with van der Waals surface area (Å²) in [4.78, 5) is 31.4. The molecule has 2 amide bonds. The minimum Gasteiger partial charge on any atom is -0.488 e. The molecule has 1 aliphatic carbocycles. The third-order valence-corrected chi connectivity index (χ3v) is 4.81.